The van der Waals surface area contributed by atoms with Gasteiger partial charge in [-0.15, -0.1) is 12.4 Å². The highest BCUT2D eigenvalue weighted by atomic mass is 35.5. The number of carbonyl (C=O) groups is 1. The molecule has 0 heterocycles. The monoisotopic (exact) mass is 271 g/mol. The van der Waals surface area contributed by atoms with Gasteiger partial charge in [-0.2, -0.15) is 0 Å². The second-order valence-electron chi connectivity index (χ2n) is 4.73. The van der Waals surface area contributed by atoms with E-state index in [1.165, 1.54) is 0 Å². The normalized spacial score (nSPS) is 13.5. The molecule has 0 unspecified atom stereocenters. The summed E-state index contributed by atoms with van der Waals surface area (Å²) < 4.78 is 0. The minimum atomic E-state index is -1.14. The maximum absolute atomic E-state index is 11.3. The van der Waals surface area contributed by atoms with Gasteiger partial charge >= 0.3 is 5.97 Å². The van der Waals surface area contributed by atoms with Crippen LogP contribution in [0.3, 0.4) is 0 Å². The molecule has 1 rings (SSSR count). The molecule has 18 heavy (non-hydrogen) atoms. The van der Waals surface area contributed by atoms with Crippen molar-refractivity contribution in [1.29, 1.82) is 0 Å². The van der Waals surface area contributed by atoms with Gasteiger partial charge in [0.15, 0.2) is 0 Å². The summed E-state index contributed by atoms with van der Waals surface area (Å²) in [6, 6.07) is 7.86. The van der Waals surface area contributed by atoms with Crippen LogP contribution in [0, 0.1) is 6.92 Å². The second kappa shape index (κ2) is 7.39. The Morgan fingerprint density at radius 3 is 2.61 bits per heavy atom. The third-order valence-electron chi connectivity index (χ3n) is 3.00. The standard InChI is InChI=1S/C14H21NO2.ClH/c1-3-4-8-14(15,13(16)17)10-12-7-5-6-11(2)9-12;/h5-7,9H,3-4,8,10,15H2,1-2H3,(H,16,17);1H/t14-;/m1./s1. The van der Waals surface area contributed by atoms with Gasteiger partial charge in [0.25, 0.3) is 0 Å². The number of carboxylic acids is 1. The highest BCUT2D eigenvalue weighted by Crippen LogP contribution is 2.19. The Hall–Kier alpha value is -1.06. The van der Waals surface area contributed by atoms with Crippen LogP contribution in [-0.4, -0.2) is 16.6 Å². The van der Waals surface area contributed by atoms with Crippen molar-refractivity contribution >= 4 is 18.4 Å². The molecule has 4 heteroatoms. The van der Waals surface area contributed by atoms with Crippen LogP contribution in [0.4, 0.5) is 0 Å². The molecule has 1 atom stereocenters. The first-order valence-electron chi connectivity index (χ1n) is 6.06. The van der Waals surface area contributed by atoms with Gasteiger partial charge in [0.1, 0.15) is 5.54 Å². The zero-order valence-electron chi connectivity index (χ0n) is 11.0. The summed E-state index contributed by atoms with van der Waals surface area (Å²) in [5, 5.41) is 9.26. The van der Waals surface area contributed by atoms with Crippen LogP contribution in [0.1, 0.15) is 37.3 Å². The van der Waals surface area contributed by atoms with Crippen LogP contribution in [0.25, 0.3) is 0 Å². The maximum Gasteiger partial charge on any atom is 0.324 e. The molecule has 1 aromatic carbocycles. The minimum absolute atomic E-state index is 0. The predicted molar refractivity (Wildman–Crippen MR) is 76.2 cm³/mol. The summed E-state index contributed by atoms with van der Waals surface area (Å²) in [5.74, 6) is -0.910. The second-order valence-corrected chi connectivity index (χ2v) is 4.73. The summed E-state index contributed by atoms with van der Waals surface area (Å²) in [4.78, 5) is 11.3. The largest absolute Gasteiger partial charge is 0.480 e. The summed E-state index contributed by atoms with van der Waals surface area (Å²) in [6.45, 7) is 4.03. The molecular weight excluding hydrogens is 250 g/mol. The number of aryl methyl sites for hydroxylation is 1. The Morgan fingerprint density at radius 2 is 2.11 bits per heavy atom. The zero-order valence-corrected chi connectivity index (χ0v) is 11.8. The fraction of sp³-hybridized carbons (Fsp3) is 0.500. The van der Waals surface area contributed by atoms with Crippen molar-refractivity contribution in [2.24, 2.45) is 5.73 Å². The maximum atomic E-state index is 11.3. The fourth-order valence-electron chi connectivity index (χ4n) is 1.95. The van der Waals surface area contributed by atoms with Crippen molar-refractivity contribution in [2.75, 3.05) is 0 Å². The lowest BCUT2D eigenvalue weighted by Crippen LogP contribution is -2.49. The van der Waals surface area contributed by atoms with Crippen molar-refractivity contribution in [3.8, 4) is 0 Å². The molecule has 3 nitrogen and oxygen atoms in total. The van der Waals surface area contributed by atoms with Crippen molar-refractivity contribution < 1.29 is 9.90 Å². The lowest BCUT2D eigenvalue weighted by atomic mass is 9.86. The van der Waals surface area contributed by atoms with E-state index in [1.54, 1.807) is 0 Å². The zero-order chi connectivity index (χ0) is 12.9. The quantitative estimate of drug-likeness (QED) is 0.836. The predicted octanol–water partition coefficient (Wildman–Crippen LogP) is 2.93. The smallest absolute Gasteiger partial charge is 0.324 e. The van der Waals surface area contributed by atoms with Gasteiger partial charge in [0.05, 0.1) is 0 Å². The Bertz CT molecular complexity index is 395. The first-order valence-corrected chi connectivity index (χ1v) is 6.06. The molecule has 0 radical (unpaired) electrons. The average Bonchev–Trinajstić information content (AvgIpc) is 2.26. The van der Waals surface area contributed by atoms with Gasteiger partial charge < -0.3 is 10.8 Å². The molecule has 0 aliphatic rings. The fourth-order valence-corrected chi connectivity index (χ4v) is 1.95. The molecule has 0 aromatic heterocycles. The highest BCUT2D eigenvalue weighted by Gasteiger charge is 2.33. The Morgan fingerprint density at radius 1 is 1.44 bits per heavy atom. The summed E-state index contributed by atoms with van der Waals surface area (Å²) in [5.41, 5.74) is 7.00. The molecular formula is C14H22ClNO2. The highest BCUT2D eigenvalue weighted by molar-refractivity contribution is 5.85. The van der Waals surface area contributed by atoms with Gasteiger partial charge in [-0.1, -0.05) is 49.6 Å². The molecule has 0 bridgehead atoms. The van der Waals surface area contributed by atoms with Crippen LogP contribution in [0.15, 0.2) is 24.3 Å². The molecule has 0 spiro atoms. The van der Waals surface area contributed by atoms with E-state index < -0.39 is 11.5 Å². The van der Waals surface area contributed by atoms with Gasteiger partial charge in [0, 0.05) is 6.42 Å². The molecule has 1 aromatic rings. The van der Waals surface area contributed by atoms with E-state index in [0.29, 0.717) is 12.8 Å². The first kappa shape index (κ1) is 16.9. The molecule has 0 saturated carbocycles. The number of hydrogen-bond donors (Lipinski definition) is 2. The minimum Gasteiger partial charge on any atom is -0.480 e. The summed E-state index contributed by atoms with van der Waals surface area (Å²) in [7, 11) is 0. The number of aliphatic carboxylic acids is 1. The third kappa shape index (κ3) is 4.67. The van der Waals surface area contributed by atoms with E-state index in [-0.39, 0.29) is 12.4 Å². The van der Waals surface area contributed by atoms with Crippen molar-refractivity contribution in [3.05, 3.63) is 35.4 Å². The van der Waals surface area contributed by atoms with Crippen LogP contribution in [-0.2, 0) is 11.2 Å². The number of unbranched alkanes of at least 4 members (excludes halogenated alkanes) is 1. The van der Waals surface area contributed by atoms with Crippen molar-refractivity contribution in [3.63, 3.8) is 0 Å². The molecule has 0 aliphatic carbocycles. The lowest BCUT2D eigenvalue weighted by Gasteiger charge is -2.24. The Balaban J connectivity index is 0.00000289. The van der Waals surface area contributed by atoms with E-state index in [9.17, 15) is 9.90 Å². The Kier molecular flexibility index (Phi) is 6.96. The number of carboxylic acid groups (broad SMARTS) is 1. The number of halogens is 1. The molecule has 0 saturated heterocycles. The van der Waals surface area contributed by atoms with E-state index in [0.717, 1.165) is 24.0 Å². The molecule has 0 fully saturated rings. The third-order valence-corrected chi connectivity index (χ3v) is 3.00. The number of benzene rings is 1. The van der Waals surface area contributed by atoms with Crippen LogP contribution < -0.4 is 5.73 Å². The molecule has 0 aliphatic heterocycles. The molecule has 0 amide bonds. The number of nitrogens with two attached hydrogens (primary N) is 1. The number of hydrogen-bond acceptors (Lipinski definition) is 2. The van der Waals surface area contributed by atoms with Crippen LogP contribution >= 0.6 is 12.4 Å². The summed E-state index contributed by atoms with van der Waals surface area (Å²) >= 11 is 0. The van der Waals surface area contributed by atoms with Gasteiger partial charge in [0.2, 0.25) is 0 Å². The Labute approximate surface area is 115 Å². The topological polar surface area (TPSA) is 63.3 Å². The van der Waals surface area contributed by atoms with Crippen molar-refractivity contribution in [1.82, 2.24) is 0 Å². The van der Waals surface area contributed by atoms with E-state index in [1.807, 2.05) is 38.1 Å². The first-order chi connectivity index (χ1) is 7.98. The SMILES string of the molecule is CCCC[C@@](N)(Cc1cccc(C)c1)C(=O)O.Cl. The van der Waals surface area contributed by atoms with E-state index in [4.69, 9.17) is 5.73 Å². The molecule has 3 N–H and O–H groups in total. The van der Waals surface area contributed by atoms with E-state index in [2.05, 4.69) is 0 Å². The summed E-state index contributed by atoms with van der Waals surface area (Å²) in [6.07, 6.45) is 2.71. The van der Waals surface area contributed by atoms with E-state index >= 15 is 0 Å². The van der Waals surface area contributed by atoms with Crippen LogP contribution in [0.2, 0.25) is 0 Å². The lowest BCUT2D eigenvalue weighted by molar-refractivity contribution is -0.143. The van der Waals surface area contributed by atoms with Crippen LogP contribution in [0.5, 0.6) is 0 Å². The van der Waals surface area contributed by atoms with Gasteiger partial charge in [-0.25, -0.2) is 0 Å². The average molecular weight is 272 g/mol. The van der Waals surface area contributed by atoms with Gasteiger partial charge in [-0.05, 0) is 18.9 Å². The number of rotatable bonds is 6. The van der Waals surface area contributed by atoms with Crippen molar-refractivity contribution in [2.45, 2.75) is 45.1 Å². The molecule has 102 valence electrons. The van der Waals surface area contributed by atoms with Gasteiger partial charge in [-0.3, -0.25) is 4.79 Å².